The van der Waals surface area contributed by atoms with Gasteiger partial charge in [-0.2, -0.15) is 0 Å². The van der Waals surface area contributed by atoms with E-state index in [9.17, 15) is 4.79 Å². The zero-order chi connectivity index (χ0) is 14.3. The standard InChI is InChI=1S/C13H21IN2O3/c1-9(2)8-10-12(14)13(17)16-11(15-10)4-5-19-7-6-18-3/h9H,4-8H2,1-3H3,(H,15,16,17). The molecule has 1 N–H and O–H groups in total. The second kappa shape index (κ2) is 8.65. The Morgan fingerprint density at radius 2 is 2.05 bits per heavy atom. The second-order valence-electron chi connectivity index (χ2n) is 4.73. The van der Waals surface area contributed by atoms with E-state index in [0.29, 0.717) is 41.6 Å². The van der Waals surface area contributed by atoms with Crippen LogP contribution in [0, 0.1) is 9.49 Å². The summed E-state index contributed by atoms with van der Waals surface area (Å²) < 4.78 is 11.0. The Kier molecular flexibility index (Phi) is 7.55. The zero-order valence-electron chi connectivity index (χ0n) is 11.7. The van der Waals surface area contributed by atoms with Crippen molar-refractivity contribution in [1.82, 2.24) is 9.97 Å². The van der Waals surface area contributed by atoms with Crippen LogP contribution >= 0.6 is 22.6 Å². The Morgan fingerprint density at radius 3 is 2.68 bits per heavy atom. The number of nitrogens with zero attached hydrogens (tertiary/aromatic N) is 1. The monoisotopic (exact) mass is 380 g/mol. The predicted molar refractivity (Wildman–Crippen MR) is 82.5 cm³/mol. The fourth-order valence-electron chi connectivity index (χ4n) is 1.61. The number of aromatic amines is 1. The number of H-pyrrole nitrogens is 1. The van der Waals surface area contributed by atoms with Crippen molar-refractivity contribution in [3.63, 3.8) is 0 Å². The molecule has 108 valence electrons. The first-order chi connectivity index (χ1) is 9.04. The van der Waals surface area contributed by atoms with E-state index in [4.69, 9.17) is 9.47 Å². The van der Waals surface area contributed by atoms with Gasteiger partial charge in [0, 0.05) is 13.5 Å². The Labute approximate surface area is 127 Å². The Balaban J connectivity index is 2.63. The maximum absolute atomic E-state index is 11.8. The van der Waals surface area contributed by atoms with Crippen LogP contribution in [0.15, 0.2) is 4.79 Å². The minimum Gasteiger partial charge on any atom is -0.382 e. The SMILES string of the molecule is COCCOCCc1nc(CC(C)C)c(I)c(=O)[nH]1. The lowest BCUT2D eigenvalue weighted by Gasteiger charge is -2.09. The number of nitrogens with one attached hydrogen (secondary N) is 1. The van der Waals surface area contributed by atoms with E-state index in [2.05, 4.69) is 46.4 Å². The molecule has 0 radical (unpaired) electrons. The molecule has 5 nitrogen and oxygen atoms in total. The van der Waals surface area contributed by atoms with E-state index in [1.165, 1.54) is 0 Å². The van der Waals surface area contributed by atoms with E-state index in [0.717, 1.165) is 12.1 Å². The van der Waals surface area contributed by atoms with Crippen LogP contribution in [0.4, 0.5) is 0 Å². The van der Waals surface area contributed by atoms with Crippen LogP contribution in [0.25, 0.3) is 0 Å². The average molecular weight is 380 g/mol. The van der Waals surface area contributed by atoms with Gasteiger partial charge in [0.05, 0.1) is 29.1 Å². The van der Waals surface area contributed by atoms with Crippen molar-refractivity contribution in [1.29, 1.82) is 0 Å². The number of halogens is 1. The molecular weight excluding hydrogens is 359 g/mol. The van der Waals surface area contributed by atoms with Crippen molar-refractivity contribution >= 4 is 22.6 Å². The first-order valence-electron chi connectivity index (χ1n) is 6.38. The van der Waals surface area contributed by atoms with Crippen LogP contribution in [-0.4, -0.2) is 36.9 Å². The highest BCUT2D eigenvalue weighted by Gasteiger charge is 2.10. The molecule has 0 fully saturated rings. The third kappa shape index (κ3) is 6.01. The number of methoxy groups -OCH3 is 1. The van der Waals surface area contributed by atoms with E-state index in [-0.39, 0.29) is 5.56 Å². The van der Waals surface area contributed by atoms with Gasteiger partial charge in [0.15, 0.2) is 0 Å². The molecule has 1 heterocycles. The van der Waals surface area contributed by atoms with Gasteiger partial charge in [0.25, 0.3) is 5.56 Å². The van der Waals surface area contributed by atoms with Crippen LogP contribution in [0.2, 0.25) is 0 Å². The zero-order valence-corrected chi connectivity index (χ0v) is 13.8. The maximum atomic E-state index is 11.8. The van der Waals surface area contributed by atoms with Crippen LogP contribution in [0.3, 0.4) is 0 Å². The lowest BCUT2D eigenvalue weighted by molar-refractivity contribution is 0.0716. The van der Waals surface area contributed by atoms with Crippen LogP contribution in [0.1, 0.15) is 25.4 Å². The van der Waals surface area contributed by atoms with Gasteiger partial charge in [-0.25, -0.2) is 4.98 Å². The number of rotatable bonds is 8. The van der Waals surface area contributed by atoms with Crippen molar-refractivity contribution in [2.45, 2.75) is 26.7 Å². The lowest BCUT2D eigenvalue weighted by atomic mass is 10.1. The minimum atomic E-state index is -0.0573. The summed E-state index contributed by atoms with van der Waals surface area (Å²) >= 11 is 2.06. The highest BCUT2D eigenvalue weighted by atomic mass is 127. The summed E-state index contributed by atoms with van der Waals surface area (Å²) in [6.45, 7) is 5.91. The Morgan fingerprint density at radius 1 is 1.32 bits per heavy atom. The van der Waals surface area contributed by atoms with Gasteiger partial charge in [-0.05, 0) is 34.9 Å². The molecule has 0 saturated carbocycles. The fraction of sp³-hybridized carbons (Fsp3) is 0.692. The van der Waals surface area contributed by atoms with Crippen molar-refractivity contribution in [2.24, 2.45) is 5.92 Å². The quantitative estimate of drug-likeness (QED) is 0.552. The molecule has 1 aromatic rings. The van der Waals surface area contributed by atoms with Gasteiger partial charge in [0.2, 0.25) is 0 Å². The Bertz CT molecular complexity index is 446. The lowest BCUT2D eigenvalue weighted by Crippen LogP contribution is -2.20. The summed E-state index contributed by atoms with van der Waals surface area (Å²) in [5.74, 6) is 1.17. The van der Waals surface area contributed by atoms with E-state index >= 15 is 0 Å². The van der Waals surface area contributed by atoms with Crippen LogP contribution in [0.5, 0.6) is 0 Å². The summed E-state index contributed by atoms with van der Waals surface area (Å²) in [6, 6.07) is 0. The topological polar surface area (TPSA) is 64.2 Å². The molecular formula is C13H21IN2O3. The van der Waals surface area contributed by atoms with Crippen LogP contribution in [-0.2, 0) is 22.3 Å². The van der Waals surface area contributed by atoms with E-state index in [1.807, 2.05) is 0 Å². The number of hydrogen-bond donors (Lipinski definition) is 1. The molecule has 0 aliphatic heterocycles. The van der Waals surface area contributed by atoms with Crippen molar-refractivity contribution in [3.8, 4) is 0 Å². The van der Waals surface area contributed by atoms with Gasteiger partial charge >= 0.3 is 0 Å². The highest BCUT2D eigenvalue weighted by Crippen LogP contribution is 2.10. The summed E-state index contributed by atoms with van der Waals surface area (Å²) in [6.07, 6.45) is 1.43. The molecule has 1 rings (SSSR count). The summed E-state index contributed by atoms with van der Waals surface area (Å²) in [4.78, 5) is 19.1. The minimum absolute atomic E-state index is 0.0573. The third-order valence-electron chi connectivity index (χ3n) is 2.50. The predicted octanol–water partition coefficient (Wildman–Crippen LogP) is 1.78. The largest absolute Gasteiger partial charge is 0.382 e. The summed E-state index contributed by atoms with van der Waals surface area (Å²) in [5.41, 5.74) is 0.824. The highest BCUT2D eigenvalue weighted by molar-refractivity contribution is 14.1. The molecule has 19 heavy (non-hydrogen) atoms. The summed E-state index contributed by atoms with van der Waals surface area (Å²) in [7, 11) is 1.64. The molecule has 0 bridgehead atoms. The smallest absolute Gasteiger partial charge is 0.264 e. The molecule has 0 unspecified atom stereocenters. The van der Waals surface area contributed by atoms with Crippen molar-refractivity contribution < 1.29 is 9.47 Å². The second-order valence-corrected chi connectivity index (χ2v) is 5.81. The third-order valence-corrected chi connectivity index (χ3v) is 3.61. The van der Waals surface area contributed by atoms with E-state index < -0.39 is 0 Å². The molecule has 6 heteroatoms. The first-order valence-corrected chi connectivity index (χ1v) is 7.46. The molecule has 1 aromatic heterocycles. The average Bonchev–Trinajstić information content (AvgIpc) is 2.34. The van der Waals surface area contributed by atoms with E-state index in [1.54, 1.807) is 7.11 Å². The number of ether oxygens (including phenoxy) is 2. The Hall–Kier alpha value is -0.470. The normalized spacial score (nSPS) is 11.2. The molecule has 0 aliphatic carbocycles. The molecule has 0 atom stereocenters. The number of hydrogen-bond acceptors (Lipinski definition) is 4. The van der Waals surface area contributed by atoms with Gasteiger partial charge in [-0.15, -0.1) is 0 Å². The maximum Gasteiger partial charge on any atom is 0.264 e. The van der Waals surface area contributed by atoms with Gasteiger partial charge in [0.1, 0.15) is 5.82 Å². The molecule has 0 aromatic carbocycles. The number of aromatic nitrogens is 2. The van der Waals surface area contributed by atoms with Gasteiger partial charge < -0.3 is 14.5 Å². The fourth-order valence-corrected chi connectivity index (χ4v) is 2.09. The molecule has 0 aliphatic rings. The molecule has 0 saturated heterocycles. The molecule has 0 spiro atoms. The first kappa shape index (κ1) is 16.6. The van der Waals surface area contributed by atoms with Gasteiger partial charge in [-0.1, -0.05) is 13.8 Å². The van der Waals surface area contributed by atoms with Crippen molar-refractivity contribution in [3.05, 3.63) is 25.4 Å². The van der Waals surface area contributed by atoms with Gasteiger partial charge in [-0.3, -0.25) is 4.79 Å². The van der Waals surface area contributed by atoms with Crippen molar-refractivity contribution in [2.75, 3.05) is 26.9 Å². The van der Waals surface area contributed by atoms with Crippen LogP contribution < -0.4 is 5.56 Å². The molecule has 0 amide bonds. The summed E-state index contributed by atoms with van der Waals surface area (Å²) in [5, 5.41) is 0.